The maximum absolute atomic E-state index is 13.1. The van der Waals surface area contributed by atoms with Gasteiger partial charge < -0.3 is 5.32 Å². The minimum Gasteiger partial charge on any atom is -0.323 e. The molecule has 0 bridgehead atoms. The predicted octanol–water partition coefficient (Wildman–Crippen LogP) is 2.08. The number of nitrogens with one attached hydrogen (secondary N) is 1. The van der Waals surface area contributed by atoms with Crippen LogP contribution in [0.25, 0.3) is 0 Å². The summed E-state index contributed by atoms with van der Waals surface area (Å²) in [4.78, 5) is 39.5. The molecule has 0 aromatic heterocycles. The molecule has 2 aliphatic heterocycles. The molecule has 1 aliphatic carbocycles. The van der Waals surface area contributed by atoms with Gasteiger partial charge >= 0.3 is 6.03 Å². The molecular formula is C21H27N3O5S. The molecule has 162 valence electrons. The SMILES string of the molecule is C[C@H]1CCCC[C@]12NC(=O)N(CC(=O)c1ccc3c(c1)CCCN3S(C)(=O)=O)C2=O. The molecule has 30 heavy (non-hydrogen) atoms. The van der Waals surface area contributed by atoms with Crippen molar-refractivity contribution >= 4 is 33.4 Å². The predicted molar refractivity (Wildman–Crippen MR) is 112 cm³/mol. The van der Waals surface area contributed by atoms with Gasteiger partial charge in [0.2, 0.25) is 10.0 Å². The second-order valence-electron chi connectivity index (χ2n) is 8.64. The maximum Gasteiger partial charge on any atom is 0.325 e. The summed E-state index contributed by atoms with van der Waals surface area (Å²) in [6, 6.07) is 4.39. The number of aryl methyl sites for hydroxylation is 1. The highest BCUT2D eigenvalue weighted by molar-refractivity contribution is 7.92. The molecule has 0 unspecified atom stereocenters. The molecule has 2 atom stereocenters. The second kappa shape index (κ2) is 7.37. The molecule has 9 heteroatoms. The number of carbonyl (C=O) groups excluding carboxylic acids is 3. The molecule has 2 heterocycles. The first-order valence-electron chi connectivity index (χ1n) is 10.4. The van der Waals surface area contributed by atoms with Crippen LogP contribution in [0, 0.1) is 5.92 Å². The number of amides is 3. The fourth-order valence-electron chi connectivity index (χ4n) is 4.95. The lowest BCUT2D eigenvalue weighted by molar-refractivity contribution is -0.133. The van der Waals surface area contributed by atoms with E-state index >= 15 is 0 Å². The number of Topliss-reactive ketones (excluding diaryl/α,β-unsaturated/α-hetero) is 1. The van der Waals surface area contributed by atoms with Crippen LogP contribution in [0.3, 0.4) is 0 Å². The van der Waals surface area contributed by atoms with Crippen LogP contribution in [0.2, 0.25) is 0 Å². The molecule has 0 radical (unpaired) electrons. The Hall–Kier alpha value is -2.42. The fraction of sp³-hybridized carbons (Fsp3) is 0.571. The Labute approximate surface area is 176 Å². The van der Waals surface area contributed by atoms with E-state index in [2.05, 4.69) is 5.32 Å². The van der Waals surface area contributed by atoms with Gasteiger partial charge in [-0.15, -0.1) is 0 Å². The Morgan fingerprint density at radius 2 is 2.00 bits per heavy atom. The van der Waals surface area contributed by atoms with Crippen LogP contribution in [0.1, 0.15) is 54.9 Å². The van der Waals surface area contributed by atoms with E-state index in [1.54, 1.807) is 18.2 Å². The number of rotatable bonds is 4. The summed E-state index contributed by atoms with van der Waals surface area (Å²) in [7, 11) is -3.38. The Morgan fingerprint density at radius 3 is 2.70 bits per heavy atom. The van der Waals surface area contributed by atoms with E-state index in [0.717, 1.165) is 29.7 Å². The standard InChI is InChI=1S/C21H27N3O5S/c1-14-6-3-4-10-21(14)19(26)23(20(27)22-21)13-18(25)16-8-9-17-15(12-16)7-5-11-24(17)30(2,28)29/h8-9,12,14H,3-7,10-11,13H2,1-2H3,(H,22,27)/t14-,21-/m0/s1. The molecule has 8 nitrogen and oxygen atoms in total. The highest BCUT2D eigenvalue weighted by atomic mass is 32.2. The van der Waals surface area contributed by atoms with E-state index in [9.17, 15) is 22.8 Å². The van der Waals surface area contributed by atoms with Gasteiger partial charge in [0.25, 0.3) is 5.91 Å². The van der Waals surface area contributed by atoms with Crippen molar-refractivity contribution in [2.24, 2.45) is 5.92 Å². The van der Waals surface area contributed by atoms with Crippen molar-refractivity contribution in [2.75, 3.05) is 23.7 Å². The molecule has 1 aromatic carbocycles. The summed E-state index contributed by atoms with van der Waals surface area (Å²) in [5.41, 5.74) is 0.862. The van der Waals surface area contributed by atoms with Crippen LogP contribution in [-0.4, -0.2) is 55.9 Å². The van der Waals surface area contributed by atoms with Crippen LogP contribution in [-0.2, 0) is 21.2 Å². The lowest BCUT2D eigenvalue weighted by atomic mass is 9.73. The van der Waals surface area contributed by atoms with Crippen molar-refractivity contribution < 1.29 is 22.8 Å². The average Bonchev–Trinajstić information content (AvgIpc) is 2.93. The Balaban J connectivity index is 1.55. The summed E-state index contributed by atoms with van der Waals surface area (Å²) in [6.07, 6.45) is 5.89. The Morgan fingerprint density at radius 1 is 1.23 bits per heavy atom. The molecule has 3 aliphatic rings. The van der Waals surface area contributed by atoms with Crippen LogP contribution in [0.15, 0.2) is 18.2 Å². The maximum atomic E-state index is 13.1. The molecule has 3 amide bonds. The number of hydrogen-bond donors (Lipinski definition) is 1. The number of urea groups is 1. The Bertz CT molecular complexity index is 1020. The summed E-state index contributed by atoms with van der Waals surface area (Å²) in [5.74, 6) is -0.610. The quantitative estimate of drug-likeness (QED) is 0.578. The van der Waals surface area contributed by atoms with Crippen LogP contribution in [0.4, 0.5) is 10.5 Å². The third kappa shape index (κ3) is 3.38. The zero-order chi connectivity index (χ0) is 21.7. The average molecular weight is 434 g/mol. The third-order valence-corrected chi connectivity index (χ3v) is 7.86. The number of anilines is 1. The van der Waals surface area contributed by atoms with Crippen molar-refractivity contribution in [3.05, 3.63) is 29.3 Å². The number of sulfonamides is 1. The van der Waals surface area contributed by atoms with Crippen molar-refractivity contribution in [2.45, 2.75) is 51.0 Å². The van der Waals surface area contributed by atoms with Gasteiger partial charge in [0.05, 0.1) is 18.5 Å². The van der Waals surface area contributed by atoms with Gasteiger partial charge in [0.15, 0.2) is 5.78 Å². The van der Waals surface area contributed by atoms with E-state index in [-0.39, 0.29) is 24.2 Å². The van der Waals surface area contributed by atoms with Crippen molar-refractivity contribution in [1.29, 1.82) is 0 Å². The van der Waals surface area contributed by atoms with E-state index in [1.165, 1.54) is 10.6 Å². The van der Waals surface area contributed by atoms with Crippen LogP contribution >= 0.6 is 0 Å². The highest BCUT2D eigenvalue weighted by Crippen LogP contribution is 2.38. The topological polar surface area (TPSA) is 104 Å². The van der Waals surface area contributed by atoms with Crippen molar-refractivity contribution in [3.8, 4) is 0 Å². The monoisotopic (exact) mass is 433 g/mol. The largest absolute Gasteiger partial charge is 0.325 e. The summed E-state index contributed by atoms with van der Waals surface area (Å²) >= 11 is 0. The van der Waals surface area contributed by atoms with Gasteiger partial charge in [-0.25, -0.2) is 13.2 Å². The smallest absolute Gasteiger partial charge is 0.323 e. The molecule has 1 spiro atoms. The van der Waals surface area contributed by atoms with Gasteiger partial charge in [0, 0.05) is 12.1 Å². The van der Waals surface area contributed by atoms with E-state index < -0.39 is 21.6 Å². The van der Waals surface area contributed by atoms with Crippen molar-refractivity contribution in [3.63, 3.8) is 0 Å². The lowest BCUT2D eigenvalue weighted by Gasteiger charge is -2.36. The number of carbonyl (C=O) groups is 3. The van der Waals surface area contributed by atoms with Gasteiger partial charge in [0.1, 0.15) is 5.54 Å². The zero-order valence-corrected chi connectivity index (χ0v) is 18.1. The van der Waals surface area contributed by atoms with Gasteiger partial charge in [-0.1, -0.05) is 19.8 Å². The van der Waals surface area contributed by atoms with E-state index in [1.807, 2.05) is 6.92 Å². The number of imide groups is 1. The van der Waals surface area contributed by atoms with Crippen LogP contribution < -0.4 is 9.62 Å². The first kappa shape index (κ1) is 20.8. The van der Waals surface area contributed by atoms with E-state index in [4.69, 9.17) is 0 Å². The molecule has 1 aromatic rings. The van der Waals surface area contributed by atoms with Gasteiger partial charge in [-0.05, 0) is 55.4 Å². The minimum absolute atomic E-state index is 0.0357. The van der Waals surface area contributed by atoms with Gasteiger partial charge in [-0.3, -0.25) is 18.8 Å². The summed E-state index contributed by atoms with van der Waals surface area (Å²) in [5, 5.41) is 2.86. The fourth-order valence-corrected chi connectivity index (χ4v) is 5.95. The van der Waals surface area contributed by atoms with Crippen molar-refractivity contribution in [1.82, 2.24) is 10.2 Å². The number of benzene rings is 1. The molecule has 2 fully saturated rings. The number of ketones is 1. The normalized spacial score (nSPS) is 26.7. The molecule has 1 saturated carbocycles. The molecule has 1 saturated heterocycles. The number of fused-ring (bicyclic) bond motifs is 1. The molecular weight excluding hydrogens is 406 g/mol. The first-order valence-corrected chi connectivity index (χ1v) is 12.3. The summed E-state index contributed by atoms with van der Waals surface area (Å²) < 4.78 is 25.4. The second-order valence-corrected chi connectivity index (χ2v) is 10.6. The first-order chi connectivity index (χ1) is 14.1. The summed E-state index contributed by atoms with van der Waals surface area (Å²) in [6.45, 7) is 2.08. The highest BCUT2D eigenvalue weighted by Gasteiger charge is 2.55. The van der Waals surface area contributed by atoms with E-state index in [0.29, 0.717) is 37.1 Å². The minimum atomic E-state index is -3.38. The van der Waals surface area contributed by atoms with Gasteiger partial charge in [-0.2, -0.15) is 0 Å². The molecule has 4 rings (SSSR count). The number of nitrogens with zero attached hydrogens (tertiary/aromatic N) is 2. The molecule has 1 N–H and O–H groups in total. The zero-order valence-electron chi connectivity index (χ0n) is 17.3. The Kier molecular flexibility index (Phi) is 5.12. The lowest BCUT2D eigenvalue weighted by Crippen LogP contribution is -2.54. The van der Waals surface area contributed by atoms with Crippen LogP contribution in [0.5, 0.6) is 0 Å². The third-order valence-electron chi connectivity index (χ3n) is 6.68. The number of hydrogen-bond acceptors (Lipinski definition) is 5.